The number of hydrogen-bond acceptors (Lipinski definition) is 3. The Bertz CT molecular complexity index is 716. The van der Waals surface area contributed by atoms with E-state index in [9.17, 15) is 14.7 Å². The first kappa shape index (κ1) is 19.3. The van der Waals surface area contributed by atoms with Crippen molar-refractivity contribution in [3.05, 3.63) is 65.7 Å². The van der Waals surface area contributed by atoms with Crippen molar-refractivity contribution in [3.8, 4) is 5.75 Å². The largest absolute Gasteiger partial charge is 0.508 e. The maximum absolute atomic E-state index is 12.6. The highest BCUT2D eigenvalue weighted by Gasteiger charge is 2.23. The van der Waals surface area contributed by atoms with E-state index in [1.165, 1.54) is 0 Å². The van der Waals surface area contributed by atoms with Crippen LogP contribution in [0.25, 0.3) is 0 Å². The molecule has 0 saturated carbocycles. The molecular weight excluding hydrogens is 332 g/mol. The highest BCUT2D eigenvalue weighted by Crippen LogP contribution is 2.13. The fraction of sp³-hybridized carbons (Fsp3) is 0.300. The molecule has 0 heterocycles. The van der Waals surface area contributed by atoms with E-state index in [-0.39, 0.29) is 11.7 Å². The summed E-state index contributed by atoms with van der Waals surface area (Å²) < 4.78 is 0. The normalized spacial score (nSPS) is 11.6. The number of rotatable bonds is 8. The zero-order chi connectivity index (χ0) is 18.9. The third-order valence-electron chi connectivity index (χ3n) is 4.21. The lowest BCUT2D eigenvalue weighted by molar-refractivity contribution is -0.132. The fourth-order valence-electron chi connectivity index (χ4n) is 2.70. The minimum Gasteiger partial charge on any atom is -0.508 e. The SMILES string of the molecule is CN(CCc1ccccc1)C(=O)[C@H](CCc1ccc(O)cc1)NC(=O)O. The second-order valence-corrected chi connectivity index (χ2v) is 6.20. The summed E-state index contributed by atoms with van der Waals surface area (Å²) in [6.45, 7) is 0.514. The number of nitrogens with zero attached hydrogens (tertiary/aromatic N) is 1. The van der Waals surface area contributed by atoms with Gasteiger partial charge >= 0.3 is 6.09 Å². The summed E-state index contributed by atoms with van der Waals surface area (Å²) >= 11 is 0. The molecule has 0 saturated heterocycles. The number of amides is 2. The maximum Gasteiger partial charge on any atom is 0.405 e. The summed E-state index contributed by atoms with van der Waals surface area (Å²) in [6, 6.07) is 15.7. The van der Waals surface area contributed by atoms with Crippen LogP contribution in [0.2, 0.25) is 0 Å². The number of benzene rings is 2. The van der Waals surface area contributed by atoms with E-state index < -0.39 is 12.1 Å². The van der Waals surface area contributed by atoms with Gasteiger partial charge in [-0.25, -0.2) is 4.79 Å². The van der Waals surface area contributed by atoms with Crippen LogP contribution in [0.1, 0.15) is 17.5 Å². The summed E-state index contributed by atoms with van der Waals surface area (Å²) in [7, 11) is 1.68. The summed E-state index contributed by atoms with van der Waals surface area (Å²) in [5, 5.41) is 20.7. The third kappa shape index (κ3) is 6.12. The van der Waals surface area contributed by atoms with Gasteiger partial charge in [-0.1, -0.05) is 42.5 Å². The molecule has 6 nitrogen and oxygen atoms in total. The molecule has 26 heavy (non-hydrogen) atoms. The molecule has 6 heteroatoms. The molecule has 0 spiro atoms. The summed E-state index contributed by atoms with van der Waals surface area (Å²) in [5.74, 6) is -0.0761. The molecule has 0 aliphatic rings. The van der Waals surface area contributed by atoms with E-state index in [1.54, 1.807) is 36.2 Å². The van der Waals surface area contributed by atoms with Crippen molar-refractivity contribution in [2.24, 2.45) is 0 Å². The van der Waals surface area contributed by atoms with Crippen LogP contribution < -0.4 is 5.32 Å². The number of phenolic OH excluding ortho intramolecular Hbond substituents is 1. The minimum atomic E-state index is -1.22. The van der Waals surface area contributed by atoms with Crippen LogP contribution in [0, 0.1) is 0 Å². The van der Waals surface area contributed by atoms with Crippen LogP contribution >= 0.6 is 0 Å². The zero-order valence-corrected chi connectivity index (χ0v) is 14.8. The number of carboxylic acid groups (broad SMARTS) is 1. The Kier molecular flexibility index (Phi) is 7.02. The van der Waals surface area contributed by atoms with Gasteiger partial charge in [0.1, 0.15) is 11.8 Å². The van der Waals surface area contributed by atoms with Crippen LogP contribution in [0.3, 0.4) is 0 Å². The minimum absolute atomic E-state index is 0.172. The van der Waals surface area contributed by atoms with Gasteiger partial charge in [0, 0.05) is 13.6 Å². The molecule has 0 aliphatic carbocycles. The first-order chi connectivity index (χ1) is 12.5. The Morgan fingerprint density at radius 2 is 1.62 bits per heavy atom. The Hall–Kier alpha value is -3.02. The Morgan fingerprint density at radius 3 is 2.23 bits per heavy atom. The Labute approximate surface area is 153 Å². The average molecular weight is 356 g/mol. The topological polar surface area (TPSA) is 89.9 Å². The smallest absolute Gasteiger partial charge is 0.405 e. The highest BCUT2D eigenvalue weighted by molar-refractivity contribution is 5.85. The third-order valence-corrected chi connectivity index (χ3v) is 4.21. The molecule has 1 atom stereocenters. The van der Waals surface area contributed by atoms with Gasteiger partial charge in [0.2, 0.25) is 5.91 Å². The second kappa shape index (κ2) is 9.46. The second-order valence-electron chi connectivity index (χ2n) is 6.20. The lowest BCUT2D eigenvalue weighted by Gasteiger charge is -2.24. The van der Waals surface area contributed by atoms with Crippen LogP contribution in [-0.2, 0) is 17.6 Å². The van der Waals surface area contributed by atoms with Crippen LogP contribution in [0.5, 0.6) is 5.75 Å². The monoisotopic (exact) mass is 356 g/mol. The van der Waals surface area contributed by atoms with Crippen molar-refractivity contribution in [2.45, 2.75) is 25.3 Å². The molecule has 2 aromatic rings. The Balaban J connectivity index is 1.94. The predicted octanol–water partition coefficient (Wildman–Crippen LogP) is 2.66. The summed E-state index contributed by atoms with van der Waals surface area (Å²) in [5.41, 5.74) is 2.05. The lowest BCUT2D eigenvalue weighted by atomic mass is 10.0. The molecule has 0 aliphatic heterocycles. The van der Waals surface area contributed by atoms with Crippen LogP contribution in [0.15, 0.2) is 54.6 Å². The molecular formula is C20H24N2O4. The molecule has 0 radical (unpaired) electrons. The Morgan fingerprint density at radius 1 is 1.00 bits per heavy atom. The van der Waals surface area contributed by atoms with Crippen molar-refractivity contribution in [1.82, 2.24) is 10.2 Å². The summed E-state index contributed by atoms with van der Waals surface area (Å²) in [4.78, 5) is 25.3. The van der Waals surface area contributed by atoms with Gasteiger partial charge in [0.25, 0.3) is 0 Å². The van der Waals surface area contributed by atoms with Gasteiger partial charge in [-0.05, 0) is 42.5 Å². The van der Waals surface area contributed by atoms with Gasteiger partial charge in [0.05, 0.1) is 0 Å². The standard InChI is InChI=1S/C20H24N2O4/c1-22(14-13-15-5-3-2-4-6-15)19(24)18(21-20(25)26)12-9-16-7-10-17(23)11-8-16/h2-8,10-11,18,21,23H,9,12-14H2,1H3,(H,25,26)/t18-/m0/s1. The maximum atomic E-state index is 12.6. The number of likely N-dealkylation sites (N-methyl/N-ethyl adjacent to an activating group) is 1. The van der Waals surface area contributed by atoms with Crippen molar-refractivity contribution in [1.29, 1.82) is 0 Å². The predicted molar refractivity (Wildman–Crippen MR) is 99.2 cm³/mol. The quantitative estimate of drug-likeness (QED) is 0.678. The molecule has 3 N–H and O–H groups in total. The van der Waals surface area contributed by atoms with Gasteiger partial charge < -0.3 is 20.4 Å². The summed E-state index contributed by atoms with van der Waals surface area (Å²) in [6.07, 6.45) is 0.376. The molecule has 138 valence electrons. The lowest BCUT2D eigenvalue weighted by Crippen LogP contribution is -2.47. The van der Waals surface area contributed by atoms with E-state index in [2.05, 4.69) is 5.32 Å². The van der Waals surface area contributed by atoms with Gasteiger partial charge in [0.15, 0.2) is 0 Å². The number of carbonyl (C=O) groups is 2. The van der Waals surface area contributed by atoms with Crippen LogP contribution in [-0.4, -0.2) is 46.7 Å². The number of nitrogens with one attached hydrogen (secondary N) is 1. The number of carbonyl (C=O) groups excluding carboxylic acids is 1. The zero-order valence-electron chi connectivity index (χ0n) is 14.8. The molecule has 0 fully saturated rings. The first-order valence-electron chi connectivity index (χ1n) is 8.52. The molecule has 2 aromatic carbocycles. The van der Waals surface area contributed by atoms with Crippen molar-refractivity contribution in [3.63, 3.8) is 0 Å². The van der Waals surface area contributed by atoms with Crippen LogP contribution in [0.4, 0.5) is 4.79 Å². The first-order valence-corrected chi connectivity index (χ1v) is 8.52. The fourth-order valence-corrected chi connectivity index (χ4v) is 2.70. The van der Waals surface area contributed by atoms with E-state index in [0.717, 1.165) is 11.1 Å². The number of hydrogen-bond donors (Lipinski definition) is 3. The van der Waals surface area contributed by atoms with Crippen molar-refractivity contribution < 1.29 is 19.8 Å². The molecule has 0 bridgehead atoms. The van der Waals surface area contributed by atoms with E-state index in [0.29, 0.717) is 25.8 Å². The van der Waals surface area contributed by atoms with Crippen molar-refractivity contribution in [2.75, 3.05) is 13.6 Å². The van der Waals surface area contributed by atoms with Gasteiger partial charge in [-0.3, -0.25) is 4.79 Å². The number of aromatic hydroxyl groups is 1. The molecule has 0 unspecified atom stereocenters. The van der Waals surface area contributed by atoms with Gasteiger partial charge in [-0.2, -0.15) is 0 Å². The van der Waals surface area contributed by atoms with E-state index in [4.69, 9.17) is 5.11 Å². The molecule has 2 rings (SSSR count). The van der Waals surface area contributed by atoms with E-state index in [1.807, 2.05) is 30.3 Å². The van der Waals surface area contributed by atoms with Gasteiger partial charge in [-0.15, -0.1) is 0 Å². The number of phenols is 1. The van der Waals surface area contributed by atoms with E-state index >= 15 is 0 Å². The van der Waals surface area contributed by atoms with Crippen molar-refractivity contribution >= 4 is 12.0 Å². The average Bonchev–Trinajstić information content (AvgIpc) is 2.64. The highest BCUT2D eigenvalue weighted by atomic mass is 16.4. The molecule has 2 amide bonds. The molecule has 0 aromatic heterocycles. The number of aryl methyl sites for hydroxylation is 1.